The van der Waals surface area contributed by atoms with Gasteiger partial charge in [0.2, 0.25) is 0 Å². The summed E-state index contributed by atoms with van der Waals surface area (Å²) in [6.07, 6.45) is 8.14. The minimum atomic E-state index is 0.415. The first-order chi connectivity index (χ1) is 12.4. The Kier molecular flexibility index (Phi) is 5.37. The molecule has 0 amide bonds. The molecule has 2 aromatic rings. The van der Waals surface area contributed by atoms with Gasteiger partial charge in [0.05, 0.1) is 0 Å². The van der Waals surface area contributed by atoms with Crippen molar-refractivity contribution in [2.45, 2.75) is 50.5 Å². The minimum absolute atomic E-state index is 0.415. The highest BCUT2D eigenvalue weighted by atomic mass is 16.5. The largest absolute Gasteiger partial charge is 0.490 e. The van der Waals surface area contributed by atoms with Crippen LogP contribution in [0.15, 0.2) is 54.6 Å². The van der Waals surface area contributed by atoms with E-state index in [2.05, 4.69) is 59.9 Å². The molecule has 1 fully saturated rings. The van der Waals surface area contributed by atoms with Crippen LogP contribution in [0.5, 0.6) is 5.75 Å². The molecule has 2 nitrogen and oxygen atoms in total. The van der Waals surface area contributed by atoms with Gasteiger partial charge in [0.15, 0.2) is 0 Å². The highest BCUT2D eigenvalue weighted by molar-refractivity contribution is 5.38. The van der Waals surface area contributed by atoms with Gasteiger partial charge in [0, 0.05) is 12.5 Å². The molecule has 1 N–H and O–H groups in total. The lowest BCUT2D eigenvalue weighted by molar-refractivity contribution is 0.100. The summed E-state index contributed by atoms with van der Waals surface area (Å²) in [6, 6.07) is 19.4. The van der Waals surface area contributed by atoms with E-state index in [-0.39, 0.29) is 0 Å². The lowest BCUT2D eigenvalue weighted by atomic mass is 9.84. The molecule has 0 bridgehead atoms. The van der Waals surface area contributed by atoms with E-state index in [0.29, 0.717) is 12.0 Å². The van der Waals surface area contributed by atoms with Crippen molar-refractivity contribution in [1.29, 1.82) is 0 Å². The van der Waals surface area contributed by atoms with Crippen molar-refractivity contribution in [3.63, 3.8) is 0 Å². The second-order valence-corrected chi connectivity index (χ2v) is 7.61. The summed E-state index contributed by atoms with van der Waals surface area (Å²) in [7, 11) is 0. The molecule has 0 radical (unpaired) electrons. The molecule has 2 aromatic carbocycles. The highest BCUT2D eigenvalue weighted by Gasteiger charge is 2.34. The Morgan fingerprint density at radius 1 is 0.920 bits per heavy atom. The maximum atomic E-state index is 6.39. The van der Waals surface area contributed by atoms with Crippen LogP contribution in [0.1, 0.15) is 49.1 Å². The summed E-state index contributed by atoms with van der Waals surface area (Å²) >= 11 is 0. The monoisotopic (exact) mass is 335 g/mol. The zero-order chi connectivity index (χ0) is 16.9. The van der Waals surface area contributed by atoms with E-state index in [0.717, 1.165) is 31.2 Å². The molecule has 1 saturated carbocycles. The van der Waals surface area contributed by atoms with Crippen molar-refractivity contribution in [3.8, 4) is 5.75 Å². The van der Waals surface area contributed by atoms with E-state index in [4.69, 9.17) is 4.74 Å². The van der Waals surface area contributed by atoms with Crippen molar-refractivity contribution in [2.75, 3.05) is 13.1 Å². The standard InChI is InChI=1S/C23H29NO/c1-2-8-18(9-3-1)14-15-24-17-20-16-23(19-10-4-5-11-19)25-22-13-7-6-12-21(20)22/h1-3,6-9,12-13,19-20,23-24H,4-5,10-11,14-17H2. The summed E-state index contributed by atoms with van der Waals surface area (Å²) in [6.45, 7) is 2.09. The topological polar surface area (TPSA) is 21.3 Å². The van der Waals surface area contributed by atoms with Gasteiger partial charge in [-0.1, -0.05) is 61.4 Å². The van der Waals surface area contributed by atoms with Gasteiger partial charge in [-0.2, -0.15) is 0 Å². The smallest absolute Gasteiger partial charge is 0.123 e. The fourth-order valence-electron chi connectivity index (χ4n) is 4.51. The minimum Gasteiger partial charge on any atom is -0.490 e. The Labute approximate surface area is 151 Å². The second-order valence-electron chi connectivity index (χ2n) is 7.61. The molecule has 1 aliphatic heterocycles. The van der Waals surface area contributed by atoms with Crippen molar-refractivity contribution in [1.82, 2.24) is 5.32 Å². The van der Waals surface area contributed by atoms with Crippen LogP contribution in [-0.4, -0.2) is 19.2 Å². The first-order valence-electron chi connectivity index (χ1n) is 9.90. The fourth-order valence-corrected chi connectivity index (χ4v) is 4.51. The number of rotatable bonds is 6. The number of hydrogen-bond acceptors (Lipinski definition) is 2. The number of hydrogen-bond donors (Lipinski definition) is 1. The Balaban J connectivity index is 1.37. The van der Waals surface area contributed by atoms with Crippen molar-refractivity contribution in [3.05, 3.63) is 65.7 Å². The molecular weight excluding hydrogens is 306 g/mol. The molecule has 2 atom stereocenters. The number of fused-ring (bicyclic) bond motifs is 1. The van der Waals surface area contributed by atoms with E-state index in [1.54, 1.807) is 0 Å². The average molecular weight is 335 g/mol. The van der Waals surface area contributed by atoms with Crippen molar-refractivity contribution >= 4 is 0 Å². The van der Waals surface area contributed by atoms with Gasteiger partial charge in [0.25, 0.3) is 0 Å². The lowest BCUT2D eigenvalue weighted by Crippen LogP contribution is -2.35. The van der Waals surface area contributed by atoms with Crippen LogP contribution in [0.25, 0.3) is 0 Å². The van der Waals surface area contributed by atoms with Crippen LogP contribution >= 0.6 is 0 Å². The number of benzene rings is 2. The van der Waals surface area contributed by atoms with Crippen LogP contribution in [0, 0.1) is 5.92 Å². The number of para-hydroxylation sites is 1. The summed E-state index contributed by atoms with van der Waals surface area (Å²) in [5.74, 6) is 2.46. The van der Waals surface area contributed by atoms with Gasteiger partial charge in [-0.3, -0.25) is 0 Å². The summed E-state index contributed by atoms with van der Waals surface area (Å²) in [5.41, 5.74) is 2.80. The molecule has 132 valence electrons. The van der Waals surface area contributed by atoms with E-state index in [1.807, 2.05) is 0 Å². The van der Waals surface area contributed by atoms with Crippen LogP contribution < -0.4 is 10.1 Å². The molecule has 1 heterocycles. The van der Waals surface area contributed by atoms with Crippen LogP contribution in [0.2, 0.25) is 0 Å². The molecule has 0 aromatic heterocycles. The van der Waals surface area contributed by atoms with E-state index in [9.17, 15) is 0 Å². The average Bonchev–Trinajstić information content (AvgIpc) is 3.20. The molecule has 1 aliphatic carbocycles. The van der Waals surface area contributed by atoms with Gasteiger partial charge in [-0.15, -0.1) is 0 Å². The Morgan fingerprint density at radius 2 is 1.68 bits per heavy atom. The van der Waals surface area contributed by atoms with E-state index in [1.165, 1.54) is 43.2 Å². The molecule has 2 aliphatic rings. The van der Waals surface area contributed by atoms with E-state index < -0.39 is 0 Å². The molecule has 2 unspecified atom stereocenters. The fraction of sp³-hybridized carbons (Fsp3) is 0.478. The normalized spacial score (nSPS) is 23.2. The van der Waals surface area contributed by atoms with Crippen molar-refractivity contribution in [2.24, 2.45) is 5.92 Å². The Bertz CT molecular complexity index is 663. The third kappa shape index (κ3) is 4.07. The lowest BCUT2D eigenvalue weighted by Gasteiger charge is -2.35. The van der Waals surface area contributed by atoms with Gasteiger partial charge < -0.3 is 10.1 Å². The van der Waals surface area contributed by atoms with Crippen LogP contribution in [0.4, 0.5) is 0 Å². The first kappa shape index (κ1) is 16.7. The zero-order valence-electron chi connectivity index (χ0n) is 15.0. The molecule has 0 spiro atoms. The Morgan fingerprint density at radius 3 is 2.52 bits per heavy atom. The molecule has 2 heteroatoms. The zero-order valence-corrected chi connectivity index (χ0v) is 15.0. The van der Waals surface area contributed by atoms with E-state index >= 15 is 0 Å². The predicted molar refractivity (Wildman–Crippen MR) is 103 cm³/mol. The quantitative estimate of drug-likeness (QED) is 0.755. The van der Waals surface area contributed by atoms with Gasteiger partial charge in [-0.05, 0) is 55.3 Å². The van der Waals surface area contributed by atoms with Gasteiger partial charge >= 0.3 is 0 Å². The predicted octanol–water partition coefficient (Wildman–Crippen LogP) is 4.94. The van der Waals surface area contributed by atoms with Crippen LogP contribution in [-0.2, 0) is 6.42 Å². The number of nitrogens with one attached hydrogen (secondary N) is 1. The van der Waals surface area contributed by atoms with Gasteiger partial charge in [-0.25, -0.2) is 0 Å². The molecule has 4 rings (SSSR count). The third-order valence-corrected chi connectivity index (χ3v) is 5.90. The summed E-state index contributed by atoms with van der Waals surface area (Å²) in [4.78, 5) is 0. The second kappa shape index (κ2) is 8.05. The summed E-state index contributed by atoms with van der Waals surface area (Å²) in [5, 5.41) is 3.70. The molecule has 25 heavy (non-hydrogen) atoms. The van der Waals surface area contributed by atoms with Crippen molar-refractivity contribution < 1.29 is 4.74 Å². The van der Waals surface area contributed by atoms with Crippen LogP contribution in [0.3, 0.4) is 0 Å². The maximum Gasteiger partial charge on any atom is 0.123 e. The first-order valence-corrected chi connectivity index (χ1v) is 9.90. The molecule has 0 saturated heterocycles. The maximum absolute atomic E-state index is 6.39. The molecular formula is C23H29NO. The summed E-state index contributed by atoms with van der Waals surface area (Å²) < 4.78 is 6.39. The SMILES string of the molecule is c1ccc(CCNCC2CC(C3CCCC3)Oc3ccccc32)cc1. The highest BCUT2D eigenvalue weighted by Crippen LogP contribution is 2.41. The van der Waals surface area contributed by atoms with Gasteiger partial charge in [0.1, 0.15) is 11.9 Å². The number of ether oxygens (including phenoxy) is 1. The Hall–Kier alpha value is -1.80. The third-order valence-electron chi connectivity index (χ3n) is 5.90.